The molecule has 0 aliphatic carbocycles. The van der Waals surface area contributed by atoms with Crippen LogP contribution in [-0.2, 0) is 16.0 Å². The molecule has 0 atom stereocenters. The van der Waals surface area contributed by atoms with Crippen molar-refractivity contribution in [3.63, 3.8) is 0 Å². The van der Waals surface area contributed by atoms with Crippen molar-refractivity contribution in [2.24, 2.45) is 0 Å². The number of nitrogens with zero attached hydrogens (tertiary/aromatic N) is 2. The van der Waals surface area contributed by atoms with Gasteiger partial charge in [-0.25, -0.2) is 0 Å². The van der Waals surface area contributed by atoms with Gasteiger partial charge in [-0.1, -0.05) is 6.92 Å². The van der Waals surface area contributed by atoms with Crippen molar-refractivity contribution in [1.29, 1.82) is 0 Å². The zero-order chi connectivity index (χ0) is 14.5. The van der Waals surface area contributed by atoms with Crippen LogP contribution >= 0.6 is 0 Å². The maximum Gasteiger partial charge on any atom is 0.233 e. The predicted octanol–water partition coefficient (Wildman–Crippen LogP) is 1.41. The molecule has 0 aliphatic rings. The minimum atomic E-state index is 0.557. The first-order chi connectivity index (χ1) is 9.86. The largest absolute Gasteiger partial charge is 0.477 e. The van der Waals surface area contributed by atoms with Crippen LogP contribution < -0.4 is 10.1 Å². The topological polar surface area (TPSA) is 65.5 Å². The summed E-state index contributed by atoms with van der Waals surface area (Å²) in [5, 5.41) is 11.4. The van der Waals surface area contributed by atoms with E-state index in [1.54, 1.807) is 7.11 Å². The second kappa shape index (κ2) is 11.6. The average Bonchev–Trinajstić information content (AvgIpc) is 2.48. The number of nitrogens with one attached hydrogen (secondary N) is 1. The van der Waals surface area contributed by atoms with E-state index in [-0.39, 0.29) is 0 Å². The van der Waals surface area contributed by atoms with Crippen molar-refractivity contribution in [3.05, 3.63) is 17.8 Å². The summed E-state index contributed by atoms with van der Waals surface area (Å²) in [6.45, 7) is 6.35. The maximum absolute atomic E-state index is 5.49. The van der Waals surface area contributed by atoms with E-state index >= 15 is 0 Å². The highest BCUT2D eigenvalue weighted by Gasteiger charge is 1.99. The second-order valence-electron chi connectivity index (χ2n) is 4.35. The summed E-state index contributed by atoms with van der Waals surface area (Å²) in [4.78, 5) is 0. The number of rotatable bonds is 12. The highest BCUT2D eigenvalue weighted by atomic mass is 16.5. The standard InChI is InChI=1S/C14H25N3O3/c1-3-7-15-12-13-5-6-14(17-16-13)20-9-4-8-19-11-10-18-2/h5-6,15H,3-4,7-12H2,1-2H3. The molecule has 1 aromatic heterocycles. The third kappa shape index (κ3) is 8.04. The molecular formula is C14H25N3O3. The Morgan fingerprint density at radius 1 is 1.10 bits per heavy atom. The quantitative estimate of drug-likeness (QED) is 0.585. The smallest absolute Gasteiger partial charge is 0.233 e. The van der Waals surface area contributed by atoms with Gasteiger partial charge >= 0.3 is 0 Å². The van der Waals surface area contributed by atoms with Crippen LogP contribution in [0.3, 0.4) is 0 Å². The van der Waals surface area contributed by atoms with Crippen LogP contribution in [0.15, 0.2) is 12.1 Å². The molecule has 6 heteroatoms. The Bertz CT molecular complexity index is 333. The third-order valence-electron chi connectivity index (χ3n) is 2.54. The lowest BCUT2D eigenvalue weighted by molar-refractivity contribution is 0.0641. The first-order valence-electron chi connectivity index (χ1n) is 7.09. The normalized spacial score (nSPS) is 10.7. The molecule has 0 saturated carbocycles. The minimum absolute atomic E-state index is 0.557. The van der Waals surface area contributed by atoms with Gasteiger partial charge in [0.25, 0.3) is 0 Å². The summed E-state index contributed by atoms with van der Waals surface area (Å²) in [7, 11) is 1.66. The lowest BCUT2D eigenvalue weighted by Crippen LogP contribution is -2.15. The molecule has 1 aromatic rings. The summed E-state index contributed by atoms with van der Waals surface area (Å²) < 4.78 is 15.7. The average molecular weight is 283 g/mol. The summed E-state index contributed by atoms with van der Waals surface area (Å²) in [6.07, 6.45) is 1.94. The molecule has 114 valence electrons. The van der Waals surface area contributed by atoms with Gasteiger partial charge < -0.3 is 19.5 Å². The van der Waals surface area contributed by atoms with Crippen LogP contribution in [0, 0.1) is 0 Å². The number of hydrogen-bond acceptors (Lipinski definition) is 6. The Morgan fingerprint density at radius 2 is 2.00 bits per heavy atom. The van der Waals surface area contributed by atoms with Gasteiger partial charge in [0, 0.05) is 32.7 Å². The molecule has 0 bridgehead atoms. The Balaban J connectivity index is 2.08. The van der Waals surface area contributed by atoms with E-state index in [0.29, 0.717) is 32.3 Å². The molecule has 0 saturated heterocycles. The number of hydrogen-bond donors (Lipinski definition) is 1. The zero-order valence-corrected chi connectivity index (χ0v) is 12.4. The lowest BCUT2D eigenvalue weighted by atomic mass is 10.3. The van der Waals surface area contributed by atoms with E-state index in [4.69, 9.17) is 14.2 Å². The fourth-order valence-corrected chi connectivity index (χ4v) is 1.49. The van der Waals surface area contributed by atoms with Gasteiger partial charge in [0.2, 0.25) is 5.88 Å². The molecule has 1 rings (SSSR count). The number of methoxy groups -OCH3 is 1. The maximum atomic E-state index is 5.49. The lowest BCUT2D eigenvalue weighted by Gasteiger charge is -2.06. The van der Waals surface area contributed by atoms with Crippen molar-refractivity contribution in [2.75, 3.05) is 40.1 Å². The Morgan fingerprint density at radius 3 is 2.70 bits per heavy atom. The van der Waals surface area contributed by atoms with E-state index < -0.39 is 0 Å². The molecule has 1 N–H and O–H groups in total. The van der Waals surface area contributed by atoms with Crippen molar-refractivity contribution in [3.8, 4) is 5.88 Å². The number of aromatic nitrogens is 2. The molecule has 0 radical (unpaired) electrons. The first-order valence-corrected chi connectivity index (χ1v) is 7.09. The monoisotopic (exact) mass is 283 g/mol. The summed E-state index contributed by atoms with van der Waals surface area (Å²) in [5.41, 5.74) is 0.925. The van der Waals surface area contributed by atoms with Crippen LogP contribution in [0.5, 0.6) is 5.88 Å². The van der Waals surface area contributed by atoms with Gasteiger partial charge in [-0.15, -0.1) is 5.10 Å². The summed E-state index contributed by atoms with van der Waals surface area (Å²) in [5.74, 6) is 0.557. The van der Waals surface area contributed by atoms with Crippen molar-refractivity contribution >= 4 is 0 Å². The molecule has 0 spiro atoms. The minimum Gasteiger partial charge on any atom is -0.477 e. The highest BCUT2D eigenvalue weighted by molar-refractivity contribution is 5.11. The van der Waals surface area contributed by atoms with Gasteiger partial charge in [0.05, 0.1) is 25.5 Å². The van der Waals surface area contributed by atoms with Crippen molar-refractivity contribution in [2.45, 2.75) is 26.3 Å². The predicted molar refractivity (Wildman–Crippen MR) is 76.8 cm³/mol. The third-order valence-corrected chi connectivity index (χ3v) is 2.54. The first kappa shape index (κ1) is 16.8. The van der Waals surface area contributed by atoms with Crippen LogP contribution in [0.4, 0.5) is 0 Å². The molecule has 20 heavy (non-hydrogen) atoms. The van der Waals surface area contributed by atoms with Gasteiger partial charge in [-0.05, 0) is 19.0 Å². The summed E-state index contributed by atoms with van der Waals surface area (Å²) >= 11 is 0. The molecule has 0 aromatic carbocycles. The van der Waals surface area contributed by atoms with E-state index in [0.717, 1.165) is 31.6 Å². The molecule has 0 unspecified atom stereocenters. The molecule has 6 nitrogen and oxygen atoms in total. The second-order valence-corrected chi connectivity index (χ2v) is 4.35. The van der Waals surface area contributed by atoms with Crippen LogP contribution in [-0.4, -0.2) is 50.3 Å². The van der Waals surface area contributed by atoms with E-state index in [9.17, 15) is 0 Å². The number of ether oxygens (including phenoxy) is 3. The fraction of sp³-hybridized carbons (Fsp3) is 0.714. The van der Waals surface area contributed by atoms with Crippen LogP contribution in [0.25, 0.3) is 0 Å². The molecule has 0 fully saturated rings. The van der Waals surface area contributed by atoms with Gasteiger partial charge in [-0.3, -0.25) is 0 Å². The van der Waals surface area contributed by atoms with Crippen LogP contribution in [0.1, 0.15) is 25.5 Å². The van der Waals surface area contributed by atoms with Gasteiger partial charge in [0.1, 0.15) is 0 Å². The Labute approximate surface area is 120 Å². The Kier molecular flexibility index (Phi) is 9.73. The van der Waals surface area contributed by atoms with Crippen molar-refractivity contribution < 1.29 is 14.2 Å². The molecule has 1 heterocycles. The molecular weight excluding hydrogens is 258 g/mol. The van der Waals surface area contributed by atoms with Gasteiger partial charge in [-0.2, -0.15) is 5.10 Å². The Hall–Kier alpha value is -1.24. The SMILES string of the molecule is CCCNCc1ccc(OCCCOCCOC)nn1. The zero-order valence-electron chi connectivity index (χ0n) is 12.4. The van der Waals surface area contributed by atoms with Crippen LogP contribution in [0.2, 0.25) is 0 Å². The van der Waals surface area contributed by atoms with E-state index in [1.807, 2.05) is 12.1 Å². The van der Waals surface area contributed by atoms with E-state index in [2.05, 4.69) is 22.4 Å². The highest BCUT2D eigenvalue weighted by Crippen LogP contribution is 2.05. The fourth-order valence-electron chi connectivity index (χ4n) is 1.49. The van der Waals surface area contributed by atoms with Gasteiger partial charge in [0.15, 0.2) is 0 Å². The summed E-state index contributed by atoms with van der Waals surface area (Å²) in [6, 6.07) is 3.78. The van der Waals surface area contributed by atoms with E-state index in [1.165, 1.54) is 0 Å². The molecule has 0 aliphatic heterocycles. The molecule has 0 amide bonds. The van der Waals surface area contributed by atoms with Crippen molar-refractivity contribution in [1.82, 2.24) is 15.5 Å².